The van der Waals surface area contributed by atoms with Gasteiger partial charge in [-0.05, 0) is 0 Å². The van der Waals surface area contributed by atoms with E-state index in [1.54, 1.807) is 24.5 Å². The van der Waals surface area contributed by atoms with Crippen molar-refractivity contribution < 1.29 is 4.74 Å². The lowest BCUT2D eigenvalue weighted by atomic mass is 10.5. The van der Waals surface area contributed by atoms with Gasteiger partial charge in [-0.1, -0.05) is 0 Å². The zero-order chi connectivity index (χ0) is 10.3. The molecule has 15 heavy (non-hydrogen) atoms. The average molecular weight is 204 g/mol. The van der Waals surface area contributed by atoms with Crippen LogP contribution < -0.4 is 0 Å². The molecule has 2 aromatic heterocycles. The van der Waals surface area contributed by atoms with Gasteiger partial charge >= 0.3 is 0 Å². The SMILES string of the molecule is C(=Cc1cn[nH]n1)OC=Cc1cn[nH]n1. The third kappa shape index (κ3) is 2.76. The summed E-state index contributed by atoms with van der Waals surface area (Å²) < 4.78 is 5.06. The molecular formula is C8H8N6O. The van der Waals surface area contributed by atoms with Crippen LogP contribution in [0, 0.1) is 0 Å². The number of aromatic amines is 2. The van der Waals surface area contributed by atoms with Crippen LogP contribution in [0.3, 0.4) is 0 Å². The Morgan fingerprint density at radius 3 is 1.87 bits per heavy atom. The molecule has 0 radical (unpaired) electrons. The third-order valence-electron chi connectivity index (χ3n) is 1.50. The third-order valence-corrected chi connectivity index (χ3v) is 1.50. The number of aromatic nitrogens is 6. The minimum atomic E-state index is 0.699. The normalized spacial score (nSPS) is 11.5. The lowest BCUT2D eigenvalue weighted by Gasteiger charge is -1.86. The molecule has 7 heteroatoms. The molecule has 0 aromatic carbocycles. The van der Waals surface area contributed by atoms with E-state index in [-0.39, 0.29) is 0 Å². The molecule has 7 nitrogen and oxygen atoms in total. The molecule has 76 valence electrons. The van der Waals surface area contributed by atoms with Crippen LogP contribution in [0.15, 0.2) is 24.9 Å². The monoisotopic (exact) mass is 204 g/mol. The molecule has 0 aliphatic carbocycles. The Bertz CT molecular complexity index is 387. The van der Waals surface area contributed by atoms with Crippen molar-refractivity contribution in [3.8, 4) is 0 Å². The number of hydrogen-bond acceptors (Lipinski definition) is 5. The molecule has 0 amide bonds. The largest absolute Gasteiger partial charge is 0.472 e. The summed E-state index contributed by atoms with van der Waals surface area (Å²) in [6, 6.07) is 0. The van der Waals surface area contributed by atoms with E-state index >= 15 is 0 Å². The quantitative estimate of drug-likeness (QED) is 0.710. The smallest absolute Gasteiger partial charge is 0.108 e. The summed E-state index contributed by atoms with van der Waals surface area (Å²) in [6.45, 7) is 0. The molecule has 0 aliphatic heterocycles. The molecule has 0 bridgehead atoms. The number of rotatable bonds is 4. The van der Waals surface area contributed by atoms with Gasteiger partial charge in [0.2, 0.25) is 0 Å². The highest BCUT2D eigenvalue weighted by molar-refractivity contribution is 5.42. The van der Waals surface area contributed by atoms with Crippen molar-refractivity contribution in [3.05, 3.63) is 36.3 Å². The van der Waals surface area contributed by atoms with Crippen LogP contribution in [0.4, 0.5) is 0 Å². The highest BCUT2D eigenvalue weighted by Crippen LogP contribution is 1.96. The van der Waals surface area contributed by atoms with Crippen LogP contribution in [-0.2, 0) is 4.74 Å². The Morgan fingerprint density at radius 1 is 0.933 bits per heavy atom. The molecule has 2 heterocycles. The molecule has 0 atom stereocenters. The van der Waals surface area contributed by atoms with E-state index < -0.39 is 0 Å². The zero-order valence-electron chi connectivity index (χ0n) is 7.66. The fraction of sp³-hybridized carbons (Fsp3) is 0. The number of hydrogen-bond donors (Lipinski definition) is 2. The van der Waals surface area contributed by atoms with Gasteiger partial charge in [-0.2, -0.15) is 30.8 Å². The maximum atomic E-state index is 5.06. The Kier molecular flexibility index (Phi) is 2.86. The van der Waals surface area contributed by atoms with Crippen molar-refractivity contribution in [2.75, 3.05) is 0 Å². The summed E-state index contributed by atoms with van der Waals surface area (Å²) >= 11 is 0. The maximum Gasteiger partial charge on any atom is 0.108 e. The van der Waals surface area contributed by atoms with Gasteiger partial charge in [0.05, 0.1) is 24.9 Å². The maximum absolute atomic E-state index is 5.06. The number of H-pyrrole nitrogens is 2. The molecule has 0 saturated heterocycles. The number of nitrogens with one attached hydrogen (secondary N) is 2. The Morgan fingerprint density at radius 2 is 1.47 bits per heavy atom. The van der Waals surface area contributed by atoms with Gasteiger partial charge in [0.25, 0.3) is 0 Å². The summed E-state index contributed by atoms with van der Waals surface area (Å²) in [6.07, 6.45) is 9.51. The van der Waals surface area contributed by atoms with Crippen LogP contribution in [0.2, 0.25) is 0 Å². The highest BCUT2D eigenvalue weighted by Gasteiger charge is 1.87. The van der Waals surface area contributed by atoms with Crippen LogP contribution >= 0.6 is 0 Å². The zero-order valence-corrected chi connectivity index (χ0v) is 7.66. The standard InChI is InChI=1S/C8H8N6O/c1(7-5-9-13-11-7)3-15-4-2-8-6-10-14-12-8/h1-6H,(H,9,11,13)(H,10,12,14). The minimum Gasteiger partial charge on any atom is -0.472 e. The summed E-state index contributed by atoms with van der Waals surface area (Å²) in [5, 5.41) is 19.9. The van der Waals surface area contributed by atoms with E-state index in [2.05, 4.69) is 30.8 Å². The van der Waals surface area contributed by atoms with E-state index in [0.717, 1.165) is 0 Å². The van der Waals surface area contributed by atoms with Crippen LogP contribution in [0.25, 0.3) is 12.2 Å². The summed E-state index contributed by atoms with van der Waals surface area (Å²) in [5.74, 6) is 0. The predicted octanol–water partition coefficient (Wildman–Crippen LogP) is 0.581. The molecule has 0 unspecified atom stereocenters. The van der Waals surface area contributed by atoms with Gasteiger partial charge < -0.3 is 4.74 Å². The Balaban J connectivity index is 1.80. The number of ether oxygens (including phenoxy) is 1. The van der Waals surface area contributed by atoms with Crippen molar-refractivity contribution in [1.82, 2.24) is 30.8 Å². The van der Waals surface area contributed by atoms with Gasteiger partial charge in [0.15, 0.2) is 0 Å². The van der Waals surface area contributed by atoms with Gasteiger partial charge in [0.1, 0.15) is 11.4 Å². The summed E-state index contributed by atoms with van der Waals surface area (Å²) in [5.41, 5.74) is 1.40. The van der Waals surface area contributed by atoms with Crippen molar-refractivity contribution >= 4 is 12.2 Å². The van der Waals surface area contributed by atoms with E-state index in [0.29, 0.717) is 11.4 Å². The van der Waals surface area contributed by atoms with E-state index in [9.17, 15) is 0 Å². The van der Waals surface area contributed by atoms with E-state index in [1.165, 1.54) is 12.5 Å². The highest BCUT2D eigenvalue weighted by atomic mass is 16.5. The summed E-state index contributed by atoms with van der Waals surface area (Å²) in [4.78, 5) is 0. The predicted molar refractivity (Wildman–Crippen MR) is 51.9 cm³/mol. The second-order valence-corrected chi connectivity index (χ2v) is 2.53. The van der Waals surface area contributed by atoms with E-state index in [4.69, 9.17) is 4.74 Å². The second-order valence-electron chi connectivity index (χ2n) is 2.53. The lowest BCUT2D eigenvalue weighted by Crippen LogP contribution is -1.73. The fourth-order valence-corrected chi connectivity index (χ4v) is 0.845. The average Bonchev–Trinajstić information content (AvgIpc) is 2.88. The van der Waals surface area contributed by atoms with Gasteiger partial charge in [-0.15, -0.1) is 0 Å². The Labute approximate surface area is 84.9 Å². The molecular weight excluding hydrogens is 196 g/mol. The first-order valence-corrected chi connectivity index (χ1v) is 4.15. The fourth-order valence-electron chi connectivity index (χ4n) is 0.845. The van der Waals surface area contributed by atoms with Gasteiger partial charge in [0, 0.05) is 12.2 Å². The first kappa shape index (κ1) is 9.13. The summed E-state index contributed by atoms with van der Waals surface area (Å²) in [7, 11) is 0. The van der Waals surface area contributed by atoms with E-state index in [1.807, 2.05) is 0 Å². The minimum absolute atomic E-state index is 0.699. The molecule has 2 rings (SSSR count). The van der Waals surface area contributed by atoms with Crippen LogP contribution in [0.1, 0.15) is 11.4 Å². The molecule has 2 N–H and O–H groups in total. The van der Waals surface area contributed by atoms with Gasteiger partial charge in [-0.3, -0.25) is 0 Å². The molecule has 0 fully saturated rings. The first-order chi connectivity index (χ1) is 7.45. The topological polar surface area (TPSA) is 92.4 Å². The molecule has 2 aromatic rings. The van der Waals surface area contributed by atoms with Crippen LogP contribution in [0.5, 0.6) is 0 Å². The lowest BCUT2D eigenvalue weighted by molar-refractivity contribution is 0.410. The van der Waals surface area contributed by atoms with Gasteiger partial charge in [-0.25, -0.2) is 0 Å². The molecule has 0 spiro atoms. The van der Waals surface area contributed by atoms with Crippen molar-refractivity contribution in [3.63, 3.8) is 0 Å². The Hall–Kier alpha value is -2.44. The second kappa shape index (κ2) is 4.70. The van der Waals surface area contributed by atoms with Crippen molar-refractivity contribution in [2.24, 2.45) is 0 Å². The molecule has 0 aliphatic rings. The first-order valence-electron chi connectivity index (χ1n) is 4.15. The van der Waals surface area contributed by atoms with Crippen molar-refractivity contribution in [1.29, 1.82) is 0 Å². The number of nitrogens with zero attached hydrogens (tertiary/aromatic N) is 4. The molecule has 0 saturated carbocycles. The van der Waals surface area contributed by atoms with Crippen molar-refractivity contribution in [2.45, 2.75) is 0 Å². The van der Waals surface area contributed by atoms with Crippen LogP contribution in [-0.4, -0.2) is 30.8 Å².